The average molecular weight is 248 g/mol. The molecule has 1 heterocycles. The second kappa shape index (κ2) is 6.21. The summed E-state index contributed by atoms with van der Waals surface area (Å²) in [6.45, 7) is 5.55. The molecule has 1 N–H and O–H groups in total. The molecule has 100 valence electrons. The molecule has 1 unspecified atom stereocenters. The van der Waals surface area contributed by atoms with Gasteiger partial charge in [-0.25, -0.2) is 0 Å². The van der Waals surface area contributed by atoms with E-state index in [1.807, 2.05) is 0 Å². The Morgan fingerprint density at radius 3 is 2.94 bits per heavy atom. The van der Waals surface area contributed by atoms with Crippen molar-refractivity contribution in [1.82, 2.24) is 10.2 Å². The largest absolute Gasteiger partial charge is 0.496 e. The smallest absolute Gasteiger partial charge is 0.122 e. The lowest BCUT2D eigenvalue weighted by Crippen LogP contribution is -2.49. The maximum atomic E-state index is 5.37. The molecule has 1 aromatic rings. The quantitative estimate of drug-likeness (QED) is 0.878. The van der Waals surface area contributed by atoms with Crippen molar-refractivity contribution in [3.8, 4) is 5.75 Å². The Hall–Kier alpha value is -1.06. The van der Waals surface area contributed by atoms with Gasteiger partial charge >= 0.3 is 0 Å². The molecule has 1 aliphatic heterocycles. The standard InChI is InChI=1S/C15H24N2O/c1-4-13-9-12(5-6-15(13)18-3)10-14-11-17(2)8-7-16-14/h5-6,9,14,16H,4,7-8,10-11H2,1-3H3. The van der Waals surface area contributed by atoms with Gasteiger partial charge in [0, 0.05) is 25.7 Å². The van der Waals surface area contributed by atoms with E-state index in [1.165, 1.54) is 11.1 Å². The van der Waals surface area contributed by atoms with Crippen LogP contribution >= 0.6 is 0 Å². The Kier molecular flexibility index (Phi) is 4.61. The molecule has 0 saturated carbocycles. The molecule has 1 fully saturated rings. The number of nitrogens with zero attached hydrogens (tertiary/aromatic N) is 1. The summed E-state index contributed by atoms with van der Waals surface area (Å²) >= 11 is 0. The van der Waals surface area contributed by atoms with Crippen LogP contribution in [0.15, 0.2) is 18.2 Å². The number of aryl methyl sites for hydroxylation is 1. The molecular formula is C15H24N2O. The minimum Gasteiger partial charge on any atom is -0.496 e. The highest BCUT2D eigenvalue weighted by Crippen LogP contribution is 2.21. The van der Waals surface area contributed by atoms with E-state index in [0.29, 0.717) is 6.04 Å². The van der Waals surface area contributed by atoms with E-state index >= 15 is 0 Å². The molecule has 18 heavy (non-hydrogen) atoms. The number of likely N-dealkylation sites (N-methyl/N-ethyl adjacent to an activating group) is 1. The van der Waals surface area contributed by atoms with Crippen LogP contribution in [0.1, 0.15) is 18.1 Å². The van der Waals surface area contributed by atoms with E-state index in [-0.39, 0.29) is 0 Å². The molecule has 0 amide bonds. The van der Waals surface area contributed by atoms with Crippen molar-refractivity contribution >= 4 is 0 Å². The third kappa shape index (κ3) is 3.24. The van der Waals surface area contributed by atoms with Crippen molar-refractivity contribution in [1.29, 1.82) is 0 Å². The number of nitrogens with one attached hydrogen (secondary N) is 1. The minimum absolute atomic E-state index is 0.571. The van der Waals surface area contributed by atoms with Crippen LogP contribution < -0.4 is 10.1 Å². The molecule has 0 radical (unpaired) electrons. The first-order chi connectivity index (χ1) is 8.72. The van der Waals surface area contributed by atoms with Gasteiger partial charge in [0.15, 0.2) is 0 Å². The van der Waals surface area contributed by atoms with E-state index in [0.717, 1.165) is 38.2 Å². The summed E-state index contributed by atoms with van der Waals surface area (Å²) in [5, 5.41) is 3.59. The lowest BCUT2D eigenvalue weighted by molar-refractivity contribution is 0.238. The van der Waals surface area contributed by atoms with Crippen LogP contribution in [0.3, 0.4) is 0 Å². The first-order valence-electron chi connectivity index (χ1n) is 6.80. The van der Waals surface area contributed by atoms with Crippen LogP contribution in [0, 0.1) is 0 Å². The zero-order chi connectivity index (χ0) is 13.0. The van der Waals surface area contributed by atoms with Gasteiger partial charge in [0.05, 0.1) is 7.11 Å². The first kappa shape index (κ1) is 13.4. The second-order valence-electron chi connectivity index (χ2n) is 5.12. The fourth-order valence-corrected chi connectivity index (χ4v) is 2.65. The van der Waals surface area contributed by atoms with Gasteiger partial charge in [0.1, 0.15) is 5.75 Å². The van der Waals surface area contributed by atoms with Crippen LogP contribution in [0.25, 0.3) is 0 Å². The van der Waals surface area contributed by atoms with Gasteiger partial charge in [0.2, 0.25) is 0 Å². The number of ether oxygens (including phenoxy) is 1. The Labute approximate surface area is 110 Å². The first-order valence-corrected chi connectivity index (χ1v) is 6.80. The van der Waals surface area contributed by atoms with E-state index < -0.39 is 0 Å². The van der Waals surface area contributed by atoms with Crippen LogP contribution in [-0.4, -0.2) is 44.7 Å². The van der Waals surface area contributed by atoms with Crippen molar-refractivity contribution in [2.24, 2.45) is 0 Å². The van der Waals surface area contributed by atoms with Gasteiger partial charge in [-0.1, -0.05) is 19.1 Å². The van der Waals surface area contributed by atoms with Crippen molar-refractivity contribution in [2.75, 3.05) is 33.8 Å². The highest BCUT2D eigenvalue weighted by Gasteiger charge is 2.17. The van der Waals surface area contributed by atoms with Crippen LogP contribution in [-0.2, 0) is 12.8 Å². The maximum Gasteiger partial charge on any atom is 0.122 e. The molecular weight excluding hydrogens is 224 g/mol. The van der Waals surface area contributed by atoms with E-state index in [1.54, 1.807) is 7.11 Å². The molecule has 1 saturated heterocycles. The lowest BCUT2D eigenvalue weighted by Gasteiger charge is -2.31. The summed E-state index contributed by atoms with van der Waals surface area (Å²) in [6, 6.07) is 7.14. The monoisotopic (exact) mass is 248 g/mol. The number of hydrogen-bond acceptors (Lipinski definition) is 3. The number of piperazine rings is 1. The van der Waals surface area contributed by atoms with E-state index in [9.17, 15) is 0 Å². The Morgan fingerprint density at radius 1 is 1.44 bits per heavy atom. The van der Waals surface area contributed by atoms with Gasteiger partial charge in [-0.2, -0.15) is 0 Å². The summed E-state index contributed by atoms with van der Waals surface area (Å²) in [6.07, 6.45) is 2.12. The third-order valence-electron chi connectivity index (χ3n) is 3.67. The Bertz CT molecular complexity index is 392. The maximum absolute atomic E-state index is 5.37. The van der Waals surface area contributed by atoms with E-state index in [4.69, 9.17) is 4.74 Å². The average Bonchev–Trinajstić information content (AvgIpc) is 2.38. The zero-order valence-corrected chi connectivity index (χ0v) is 11.7. The normalized spacial score (nSPS) is 20.9. The van der Waals surface area contributed by atoms with Gasteiger partial charge < -0.3 is 15.0 Å². The summed E-state index contributed by atoms with van der Waals surface area (Å²) in [7, 11) is 3.94. The Morgan fingerprint density at radius 2 is 2.28 bits per heavy atom. The topological polar surface area (TPSA) is 24.5 Å². The van der Waals surface area contributed by atoms with Gasteiger partial charge in [0.25, 0.3) is 0 Å². The number of methoxy groups -OCH3 is 1. The van der Waals surface area contributed by atoms with Crippen molar-refractivity contribution in [3.05, 3.63) is 29.3 Å². The zero-order valence-electron chi connectivity index (χ0n) is 11.7. The molecule has 0 aromatic heterocycles. The molecule has 0 aliphatic carbocycles. The molecule has 2 rings (SSSR count). The molecule has 1 aliphatic rings. The molecule has 3 heteroatoms. The summed E-state index contributed by atoms with van der Waals surface area (Å²) < 4.78 is 5.37. The molecule has 3 nitrogen and oxygen atoms in total. The van der Waals surface area contributed by atoms with Crippen LogP contribution in [0.2, 0.25) is 0 Å². The number of hydrogen-bond donors (Lipinski definition) is 1. The number of rotatable bonds is 4. The predicted molar refractivity (Wildman–Crippen MR) is 75.4 cm³/mol. The molecule has 1 aromatic carbocycles. The van der Waals surface area contributed by atoms with Crippen LogP contribution in [0.4, 0.5) is 0 Å². The minimum atomic E-state index is 0.571. The molecule has 1 atom stereocenters. The summed E-state index contributed by atoms with van der Waals surface area (Å²) in [4.78, 5) is 2.39. The highest BCUT2D eigenvalue weighted by atomic mass is 16.5. The van der Waals surface area contributed by atoms with E-state index in [2.05, 4.69) is 42.4 Å². The van der Waals surface area contributed by atoms with Crippen molar-refractivity contribution in [3.63, 3.8) is 0 Å². The second-order valence-corrected chi connectivity index (χ2v) is 5.12. The number of benzene rings is 1. The molecule has 0 bridgehead atoms. The Balaban J connectivity index is 2.04. The fourth-order valence-electron chi connectivity index (χ4n) is 2.65. The SMILES string of the molecule is CCc1cc(CC2CN(C)CCN2)ccc1OC. The third-order valence-corrected chi connectivity index (χ3v) is 3.67. The summed E-state index contributed by atoms with van der Waals surface area (Å²) in [5.74, 6) is 1.01. The fraction of sp³-hybridized carbons (Fsp3) is 0.600. The van der Waals surface area contributed by atoms with Crippen molar-refractivity contribution in [2.45, 2.75) is 25.8 Å². The predicted octanol–water partition coefficient (Wildman–Crippen LogP) is 1.70. The molecule has 0 spiro atoms. The summed E-state index contributed by atoms with van der Waals surface area (Å²) in [5.41, 5.74) is 2.71. The van der Waals surface area contributed by atoms with Crippen LogP contribution in [0.5, 0.6) is 5.75 Å². The van der Waals surface area contributed by atoms with Gasteiger partial charge in [-0.15, -0.1) is 0 Å². The lowest BCUT2D eigenvalue weighted by atomic mass is 10.0. The highest BCUT2D eigenvalue weighted by molar-refractivity contribution is 5.37. The van der Waals surface area contributed by atoms with Gasteiger partial charge in [-0.3, -0.25) is 0 Å². The van der Waals surface area contributed by atoms with Gasteiger partial charge in [-0.05, 0) is 37.1 Å². The van der Waals surface area contributed by atoms with Crippen molar-refractivity contribution < 1.29 is 4.74 Å².